The highest BCUT2D eigenvalue weighted by Gasteiger charge is 2.31. The minimum Gasteiger partial charge on any atom is -0.442 e. The molecule has 0 aliphatic carbocycles. The molecule has 1 heterocycles. The Morgan fingerprint density at radius 2 is 2.33 bits per heavy atom. The van der Waals surface area contributed by atoms with Crippen LogP contribution in [0.1, 0.15) is 6.92 Å². The van der Waals surface area contributed by atoms with Crippen LogP contribution in [0.5, 0.6) is 0 Å². The molecule has 64 valence electrons. The van der Waals surface area contributed by atoms with Crippen LogP contribution in [-0.2, 0) is 9.53 Å². The van der Waals surface area contributed by atoms with Crippen molar-refractivity contribution in [1.82, 2.24) is 0 Å². The molecule has 1 unspecified atom stereocenters. The average molecular weight is 229 g/mol. The quantitative estimate of drug-likeness (QED) is 0.392. The Balaban J connectivity index is 3.06. The zero-order valence-corrected chi connectivity index (χ0v) is 8.30. The molecular formula is C9H9BrO2. The van der Waals surface area contributed by atoms with Gasteiger partial charge in [-0.05, 0) is 22.9 Å². The van der Waals surface area contributed by atoms with Crippen LogP contribution < -0.4 is 0 Å². The zero-order valence-electron chi connectivity index (χ0n) is 6.71. The van der Waals surface area contributed by atoms with Crippen molar-refractivity contribution in [2.24, 2.45) is 0 Å². The van der Waals surface area contributed by atoms with Gasteiger partial charge in [0.2, 0.25) is 0 Å². The van der Waals surface area contributed by atoms with E-state index in [0.29, 0.717) is 5.57 Å². The van der Waals surface area contributed by atoms with E-state index >= 15 is 0 Å². The smallest absolute Gasteiger partial charge is 0.339 e. The number of hydrogen-bond acceptors (Lipinski definition) is 2. The van der Waals surface area contributed by atoms with Crippen molar-refractivity contribution in [2.45, 2.75) is 11.9 Å². The number of rotatable bonds is 1. The van der Waals surface area contributed by atoms with Gasteiger partial charge in [-0.25, -0.2) is 4.79 Å². The molecule has 0 aromatic rings. The molecule has 0 N–H and O–H groups in total. The number of carbonyl (C=O) groups is 1. The maximum absolute atomic E-state index is 11.1. The van der Waals surface area contributed by atoms with Gasteiger partial charge in [-0.15, -0.1) is 0 Å². The molecule has 0 aromatic heterocycles. The molecule has 1 aliphatic heterocycles. The number of carbonyl (C=O) groups excluding carboxylic acids is 1. The van der Waals surface area contributed by atoms with Gasteiger partial charge in [-0.2, -0.15) is 0 Å². The zero-order chi connectivity index (χ0) is 9.14. The number of allylic oxidation sites excluding steroid dienone is 3. The highest BCUT2D eigenvalue weighted by atomic mass is 79.9. The lowest BCUT2D eigenvalue weighted by Gasteiger charge is -1.98. The van der Waals surface area contributed by atoms with E-state index in [2.05, 4.69) is 22.5 Å². The van der Waals surface area contributed by atoms with Crippen molar-refractivity contribution < 1.29 is 9.53 Å². The molecule has 1 saturated heterocycles. The number of cyclic esters (lactones) is 1. The third kappa shape index (κ3) is 1.50. The van der Waals surface area contributed by atoms with E-state index in [4.69, 9.17) is 4.74 Å². The lowest BCUT2D eigenvalue weighted by molar-refractivity contribution is -0.135. The summed E-state index contributed by atoms with van der Waals surface area (Å²) in [6.07, 6.45) is 5.13. The normalized spacial score (nSPS) is 29.5. The van der Waals surface area contributed by atoms with E-state index in [9.17, 15) is 4.79 Å². The maximum Gasteiger partial charge on any atom is 0.339 e. The van der Waals surface area contributed by atoms with Gasteiger partial charge in [0.1, 0.15) is 0 Å². The summed E-state index contributed by atoms with van der Waals surface area (Å²) in [5.41, 5.74) is 1.44. The Morgan fingerprint density at radius 1 is 1.67 bits per heavy atom. The number of alkyl halides is 1. The minimum atomic E-state index is -0.325. The highest BCUT2D eigenvalue weighted by molar-refractivity contribution is 9.09. The molecule has 0 spiro atoms. The third-order valence-electron chi connectivity index (χ3n) is 1.57. The van der Waals surface area contributed by atoms with Crippen molar-refractivity contribution in [1.29, 1.82) is 0 Å². The molecule has 0 aromatic carbocycles. The van der Waals surface area contributed by atoms with Crippen LogP contribution in [0.25, 0.3) is 0 Å². The van der Waals surface area contributed by atoms with Crippen LogP contribution in [-0.4, -0.2) is 11.0 Å². The molecule has 0 saturated carbocycles. The van der Waals surface area contributed by atoms with Crippen LogP contribution >= 0.6 is 15.9 Å². The SMILES string of the molecule is C=C/C=C1\C(=C/C)C(=O)OC1Br. The predicted octanol–water partition coefficient (Wildman–Crippen LogP) is 2.32. The maximum atomic E-state index is 11.1. The first kappa shape index (κ1) is 9.26. The Kier molecular flexibility index (Phi) is 2.87. The van der Waals surface area contributed by atoms with Gasteiger partial charge in [-0.1, -0.05) is 24.8 Å². The Bertz CT molecular complexity index is 276. The van der Waals surface area contributed by atoms with Gasteiger partial charge in [0.25, 0.3) is 0 Å². The monoisotopic (exact) mass is 228 g/mol. The van der Waals surface area contributed by atoms with Gasteiger partial charge in [0.15, 0.2) is 5.01 Å². The summed E-state index contributed by atoms with van der Waals surface area (Å²) in [4.78, 5) is 11.1. The molecule has 0 amide bonds. The fraction of sp³-hybridized carbons (Fsp3) is 0.222. The summed E-state index contributed by atoms with van der Waals surface area (Å²) in [7, 11) is 0. The van der Waals surface area contributed by atoms with Gasteiger partial charge in [0.05, 0.1) is 5.57 Å². The van der Waals surface area contributed by atoms with Crippen molar-refractivity contribution in [3.8, 4) is 0 Å². The largest absolute Gasteiger partial charge is 0.442 e. The molecule has 0 radical (unpaired) electrons. The van der Waals surface area contributed by atoms with Crippen molar-refractivity contribution in [3.05, 3.63) is 36.0 Å². The van der Waals surface area contributed by atoms with Crippen molar-refractivity contribution in [3.63, 3.8) is 0 Å². The summed E-state index contributed by atoms with van der Waals surface area (Å²) < 4.78 is 4.92. The first-order chi connectivity index (χ1) is 5.70. The molecule has 3 heteroatoms. The van der Waals surface area contributed by atoms with Crippen molar-refractivity contribution >= 4 is 21.9 Å². The lowest BCUT2D eigenvalue weighted by Crippen LogP contribution is -1.97. The van der Waals surface area contributed by atoms with E-state index in [1.807, 2.05) is 0 Å². The van der Waals surface area contributed by atoms with Gasteiger partial charge in [-0.3, -0.25) is 0 Å². The van der Waals surface area contributed by atoms with Crippen LogP contribution in [0.15, 0.2) is 36.0 Å². The fourth-order valence-electron chi connectivity index (χ4n) is 1.04. The number of esters is 1. The summed E-state index contributed by atoms with van der Waals surface area (Å²) >= 11 is 3.23. The molecule has 1 fully saturated rings. The van der Waals surface area contributed by atoms with Gasteiger partial charge >= 0.3 is 5.97 Å². The van der Waals surface area contributed by atoms with E-state index in [-0.39, 0.29) is 11.0 Å². The third-order valence-corrected chi connectivity index (χ3v) is 2.25. The second-order valence-corrected chi connectivity index (χ2v) is 3.11. The van der Waals surface area contributed by atoms with Gasteiger partial charge in [0, 0.05) is 5.57 Å². The highest BCUT2D eigenvalue weighted by Crippen LogP contribution is 2.30. The lowest BCUT2D eigenvalue weighted by atomic mass is 10.1. The summed E-state index contributed by atoms with van der Waals surface area (Å²) in [5.74, 6) is -0.285. The molecule has 2 nitrogen and oxygen atoms in total. The van der Waals surface area contributed by atoms with Gasteiger partial charge < -0.3 is 4.74 Å². The Labute approximate surface area is 79.7 Å². The van der Waals surface area contributed by atoms with Crippen molar-refractivity contribution in [2.75, 3.05) is 0 Å². The van der Waals surface area contributed by atoms with Crippen LogP contribution in [0.2, 0.25) is 0 Å². The molecule has 0 bridgehead atoms. The number of ether oxygens (including phenoxy) is 1. The van der Waals surface area contributed by atoms with Crippen LogP contribution in [0.3, 0.4) is 0 Å². The topological polar surface area (TPSA) is 26.3 Å². The van der Waals surface area contributed by atoms with E-state index in [0.717, 1.165) is 5.57 Å². The molecule has 1 atom stereocenters. The number of halogens is 1. The summed E-state index contributed by atoms with van der Waals surface area (Å²) in [6, 6.07) is 0. The Morgan fingerprint density at radius 3 is 2.83 bits per heavy atom. The van der Waals surface area contributed by atoms with Crippen LogP contribution in [0.4, 0.5) is 0 Å². The second kappa shape index (κ2) is 3.72. The standard InChI is InChI=1S/C9H9BrO2/c1-3-5-7-6(4-2)9(11)12-8(7)10/h3-5,8H,1H2,2H3/b6-4+,7-5+. The first-order valence-corrected chi connectivity index (χ1v) is 4.46. The molecule has 1 rings (SSSR count). The first-order valence-electron chi connectivity index (χ1n) is 3.55. The second-order valence-electron chi connectivity index (χ2n) is 2.28. The molecule has 12 heavy (non-hydrogen) atoms. The number of hydrogen-bond donors (Lipinski definition) is 0. The van der Waals surface area contributed by atoms with E-state index in [1.54, 1.807) is 25.2 Å². The summed E-state index contributed by atoms with van der Waals surface area (Å²) in [6.45, 7) is 5.37. The average Bonchev–Trinajstić information content (AvgIpc) is 2.28. The van der Waals surface area contributed by atoms with E-state index in [1.165, 1.54) is 0 Å². The minimum absolute atomic E-state index is 0.285. The molecular weight excluding hydrogens is 220 g/mol. The Hall–Kier alpha value is -0.830. The van der Waals surface area contributed by atoms with E-state index < -0.39 is 0 Å². The fourth-order valence-corrected chi connectivity index (χ4v) is 1.61. The molecule has 1 aliphatic rings. The van der Waals surface area contributed by atoms with Crippen LogP contribution in [0, 0.1) is 0 Å². The summed E-state index contributed by atoms with van der Waals surface area (Å²) in [5, 5.41) is -0.325. The predicted molar refractivity (Wildman–Crippen MR) is 50.8 cm³/mol.